The molecule has 0 bridgehead atoms. The number of carbonyl (C=O) groups is 1. The standard InChI is InChI=1S/C16H24N2O/c1-12(2)13-5-7-14(8-6-13)15(19)18-10-9-17-16(3,4)11-18/h5-8,12,17H,9-11H2,1-4H3. The molecular weight excluding hydrogens is 236 g/mol. The van der Waals surface area contributed by atoms with E-state index in [1.54, 1.807) is 0 Å². The summed E-state index contributed by atoms with van der Waals surface area (Å²) in [6, 6.07) is 8.02. The van der Waals surface area contributed by atoms with Gasteiger partial charge in [-0.3, -0.25) is 4.79 Å². The zero-order valence-corrected chi connectivity index (χ0v) is 12.4. The Morgan fingerprint density at radius 2 is 1.89 bits per heavy atom. The van der Waals surface area contributed by atoms with Gasteiger partial charge in [-0.25, -0.2) is 0 Å². The SMILES string of the molecule is CC(C)c1ccc(C(=O)N2CCNC(C)(C)C2)cc1. The first-order valence-corrected chi connectivity index (χ1v) is 7.03. The van der Waals surface area contributed by atoms with Crippen LogP contribution in [0.1, 0.15) is 49.5 Å². The molecule has 0 aromatic heterocycles. The summed E-state index contributed by atoms with van der Waals surface area (Å²) in [5.41, 5.74) is 2.07. The molecule has 104 valence electrons. The third-order valence-corrected chi connectivity index (χ3v) is 3.68. The smallest absolute Gasteiger partial charge is 0.253 e. The number of carbonyl (C=O) groups excluding carboxylic acids is 1. The molecule has 1 fully saturated rings. The lowest BCUT2D eigenvalue weighted by atomic mass is 9.99. The van der Waals surface area contributed by atoms with Gasteiger partial charge in [0.2, 0.25) is 0 Å². The molecule has 2 rings (SSSR count). The van der Waals surface area contributed by atoms with Crippen LogP contribution in [-0.4, -0.2) is 36.0 Å². The fraction of sp³-hybridized carbons (Fsp3) is 0.562. The average Bonchev–Trinajstić information content (AvgIpc) is 2.37. The quantitative estimate of drug-likeness (QED) is 0.886. The number of benzene rings is 1. The van der Waals surface area contributed by atoms with Crippen molar-refractivity contribution in [2.45, 2.75) is 39.2 Å². The highest BCUT2D eigenvalue weighted by Gasteiger charge is 2.28. The van der Waals surface area contributed by atoms with E-state index >= 15 is 0 Å². The van der Waals surface area contributed by atoms with Crippen LogP contribution >= 0.6 is 0 Å². The third kappa shape index (κ3) is 3.35. The Labute approximate surface area is 116 Å². The highest BCUT2D eigenvalue weighted by molar-refractivity contribution is 5.94. The predicted molar refractivity (Wildman–Crippen MR) is 78.5 cm³/mol. The van der Waals surface area contributed by atoms with E-state index in [0.29, 0.717) is 5.92 Å². The summed E-state index contributed by atoms with van der Waals surface area (Å²) in [4.78, 5) is 14.4. The molecule has 1 aliphatic rings. The normalized spacial score (nSPS) is 18.7. The molecule has 3 nitrogen and oxygen atoms in total. The number of hydrogen-bond acceptors (Lipinski definition) is 2. The molecule has 0 saturated carbocycles. The molecule has 0 radical (unpaired) electrons. The Bertz CT molecular complexity index is 448. The second-order valence-electron chi connectivity index (χ2n) is 6.31. The summed E-state index contributed by atoms with van der Waals surface area (Å²) in [6.07, 6.45) is 0. The Balaban J connectivity index is 2.11. The second kappa shape index (κ2) is 5.33. The van der Waals surface area contributed by atoms with Gasteiger partial charge < -0.3 is 10.2 Å². The van der Waals surface area contributed by atoms with Crippen molar-refractivity contribution in [3.05, 3.63) is 35.4 Å². The van der Waals surface area contributed by atoms with Crippen LogP contribution < -0.4 is 5.32 Å². The molecule has 19 heavy (non-hydrogen) atoms. The van der Waals surface area contributed by atoms with Crippen molar-refractivity contribution in [1.82, 2.24) is 10.2 Å². The van der Waals surface area contributed by atoms with Crippen LogP contribution in [-0.2, 0) is 0 Å². The van der Waals surface area contributed by atoms with Crippen molar-refractivity contribution < 1.29 is 4.79 Å². The molecule has 1 N–H and O–H groups in total. The number of nitrogens with zero attached hydrogens (tertiary/aromatic N) is 1. The zero-order chi connectivity index (χ0) is 14.0. The summed E-state index contributed by atoms with van der Waals surface area (Å²) in [5.74, 6) is 0.646. The molecule has 1 amide bonds. The van der Waals surface area contributed by atoms with Crippen LogP contribution in [0.25, 0.3) is 0 Å². The van der Waals surface area contributed by atoms with E-state index in [2.05, 4.69) is 45.1 Å². The van der Waals surface area contributed by atoms with Gasteiger partial charge in [-0.05, 0) is 37.5 Å². The van der Waals surface area contributed by atoms with Crippen LogP contribution in [0.2, 0.25) is 0 Å². The highest BCUT2D eigenvalue weighted by Crippen LogP contribution is 2.17. The van der Waals surface area contributed by atoms with E-state index in [1.807, 2.05) is 17.0 Å². The molecule has 0 aliphatic carbocycles. The maximum absolute atomic E-state index is 12.5. The van der Waals surface area contributed by atoms with Crippen LogP contribution in [0.3, 0.4) is 0 Å². The van der Waals surface area contributed by atoms with Crippen molar-refractivity contribution in [3.63, 3.8) is 0 Å². The van der Waals surface area contributed by atoms with Crippen molar-refractivity contribution in [2.75, 3.05) is 19.6 Å². The van der Waals surface area contributed by atoms with Crippen molar-refractivity contribution in [3.8, 4) is 0 Å². The fourth-order valence-electron chi connectivity index (χ4n) is 2.51. The first kappa shape index (κ1) is 14.1. The minimum atomic E-state index is 0.00574. The molecule has 1 aromatic rings. The van der Waals surface area contributed by atoms with Crippen LogP contribution in [0.5, 0.6) is 0 Å². The molecular formula is C16H24N2O. The molecule has 1 aromatic carbocycles. The summed E-state index contributed by atoms with van der Waals surface area (Å²) in [7, 11) is 0. The minimum Gasteiger partial charge on any atom is -0.336 e. The fourth-order valence-corrected chi connectivity index (χ4v) is 2.51. The highest BCUT2D eigenvalue weighted by atomic mass is 16.2. The van der Waals surface area contributed by atoms with Crippen LogP contribution in [0, 0.1) is 0 Å². The Kier molecular flexibility index (Phi) is 3.95. The van der Waals surface area contributed by atoms with E-state index < -0.39 is 0 Å². The number of rotatable bonds is 2. The lowest BCUT2D eigenvalue weighted by Gasteiger charge is -2.39. The van der Waals surface area contributed by atoms with E-state index in [1.165, 1.54) is 5.56 Å². The Hall–Kier alpha value is -1.35. The predicted octanol–water partition coefficient (Wildman–Crippen LogP) is 2.63. The van der Waals surface area contributed by atoms with E-state index in [0.717, 1.165) is 25.2 Å². The van der Waals surface area contributed by atoms with Gasteiger partial charge in [0, 0.05) is 30.7 Å². The molecule has 3 heteroatoms. The number of nitrogens with one attached hydrogen (secondary N) is 1. The molecule has 0 unspecified atom stereocenters. The summed E-state index contributed by atoms with van der Waals surface area (Å²) >= 11 is 0. The van der Waals surface area contributed by atoms with Crippen LogP contribution in [0.15, 0.2) is 24.3 Å². The van der Waals surface area contributed by atoms with Gasteiger partial charge in [0.05, 0.1) is 0 Å². The number of amides is 1. The van der Waals surface area contributed by atoms with Gasteiger partial charge in [-0.1, -0.05) is 26.0 Å². The summed E-state index contributed by atoms with van der Waals surface area (Å²) in [6.45, 7) is 11.0. The largest absolute Gasteiger partial charge is 0.336 e. The lowest BCUT2D eigenvalue weighted by molar-refractivity contribution is 0.0652. The number of piperazine rings is 1. The average molecular weight is 260 g/mol. The summed E-state index contributed by atoms with van der Waals surface area (Å²) in [5, 5.41) is 3.42. The van der Waals surface area contributed by atoms with Gasteiger partial charge >= 0.3 is 0 Å². The topological polar surface area (TPSA) is 32.3 Å². The van der Waals surface area contributed by atoms with Gasteiger partial charge in [0.15, 0.2) is 0 Å². The van der Waals surface area contributed by atoms with Gasteiger partial charge in [-0.2, -0.15) is 0 Å². The van der Waals surface area contributed by atoms with Crippen molar-refractivity contribution in [2.24, 2.45) is 0 Å². The molecule has 0 atom stereocenters. The van der Waals surface area contributed by atoms with Crippen molar-refractivity contribution in [1.29, 1.82) is 0 Å². The van der Waals surface area contributed by atoms with E-state index in [-0.39, 0.29) is 11.4 Å². The first-order chi connectivity index (χ1) is 8.89. The molecule has 1 aliphatic heterocycles. The van der Waals surface area contributed by atoms with Crippen LogP contribution in [0.4, 0.5) is 0 Å². The van der Waals surface area contributed by atoms with Gasteiger partial charge in [0.25, 0.3) is 5.91 Å². The van der Waals surface area contributed by atoms with Gasteiger partial charge in [0.1, 0.15) is 0 Å². The third-order valence-electron chi connectivity index (χ3n) is 3.68. The molecule has 0 spiro atoms. The maximum atomic E-state index is 12.5. The maximum Gasteiger partial charge on any atom is 0.253 e. The Morgan fingerprint density at radius 3 is 2.42 bits per heavy atom. The zero-order valence-electron chi connectivity index (χ0n) is 12.4. The second-order valence-corrected chi connectivity index (χ2v) is 6.31. The monoisotopic (exact) mass is 260 g/mol. The van der Waals surface area contributed by atoms with Crippen molar-refractivity contribution >= 4 is 5.91 Å². The molecule has 1 heterocycles. The van der Waals surface area contributed by atoms with Gasteiger partial charge in [-0.15, -0.1) is 0 Å². The van der Waals surface area contributed by atoms with E-state index in [4.69, 9.17) is 0 Å². The lowest BCUT2D eigenvalue weighted by Crippen LogP contribution is -2.58. The Morgan fingerprint density at radius 1 is 1.26 bits per heavy atom. The van der Waals surface area contributed by atoms with E-state index in [9.17, 15) is 4.79 Å². The molecule has 1 saturated heterocycles. The summed E-state index contributed by atoms with van der Waals surface area (Å²) < 4.78 is 0. The first-order valence-electron chi connectivity index (χ1n) is 7.03. The minimum absolute atomic E-state index is 0.00574. The number of hydrogen-bond donors (Lipinski definition) is 1.